The van der Waals surface area contributed by atoms with Crippen LogP contribution in [0, 0.1) is 11.8 Å². The first-order valence-corrected chi connectivity index (χ1v) is 8.92. The Kier molecular flexibility index (Phi) is 5.46. The summed E-state index contributed by atoms with van der Waals surface area (Å²) in [5.41, 5.74) is 2.86. The Morgan fingerprint density at radius 1 is 1.25 bits per heavy atom. The van der Waals surface area contributed by atoms with E-state index in [-0.39, 0.29) is 6.10 Å². The SMILES string of the molecule is CCOc1ccc2nccc(C=C[C@H]3CC[C@H](C(C)O)CC3)c2n1. The average molecular weight is 326 g/mol. The number of rotatable bonds is 5. The molecule has 1 aliphatic rings. The molecular weight excluding hydrogens is 300 g/mol. The van der Waals surface area contributed by atoms with Crippen molar-refractivity contribution in [2.75, 3.05) is 6.61 Å². The van der Waals surface area contributed by atoms with Gasteiger partial charge in [-0.1, -0.05) is 12.2 Å². The van der Waals surface area contributed by atoms with Crippen LogP contribution in [0.2, 0.25) is 0 Å². The third-order valence-electron chi connectivity index (χ3n) is 4.93. The molecule has 0 amide bonds. The minimum absolute atomic E-state index is 0.180. The van der Waals surface area contributed by atoms with Gasteiger partial charge in [0.05, 0.1) is 23.7 Å². The quantitative estimate of drug-likeness (QED) is 0.893. The lowest BCUT2D eigenvalue weighted by Gasteiger charge is -2.28. The highest BCUT2D eigenvalue weighted by atomic mass is 16.5. The first kappa shape index (κ1) is 16.9. The highest BCUT2D eigenvalue weighted by Gasteiger charge is 2.22. The van der Waals surface area contributed by atoms with E-state index in [0.717, 1.165) is 42.3 Å². The second kappa shape index (κ2) is 7.75. The van der Waals surface area contributed by atoms with Crippen LogP contribution in [0.15, 0.2) is 30.5 Å². The third-order valence-corrected chi connectivity index (χ3v) is 4.93. The van der Waals surface area contributed by atoms with Crippen LogP contribution in [0.25, 0.3) is 17.1 Å². The second-order valence-electron chi connectivity index (χ2n) is 6.62. The van der Waals surface area contributed by atoms with Gasteiger partial charge < -0.3 is 9.84 Å². The molecular formula is C20H26N2O2. The average Bonchev–Trinajstić information content (AvgIpc) is 2.60. The zero-order valence-corrected chi connectivity index (χ0v) is 14.5. The maximum atomic E-state index is 9.71. The van der Waals surface area contributed by atoms with E-state index in [1.807, 2.05) is 38.2 Å². The Balaban J connectivity index is 1.76. The van der Waals surface area contributed by atoms with E-state index in [1.165, 1.54) is 0 Å². The standard InChI is InChI=1S/C20H26N2O2/c1-3-24-19-11-10-18-20(22-19)17(12-13-21-18)9-6-15-4-7-16(8-5-15)14(2)23/h6,9-16,23H,3-5,7-8H2,1-2H3/t14?,15-,16-. The number of hydrogen-bond donors (Lipinski definition) is 1. The molecule has 1 aliphatic carbocycles. The molecule has 4 heteroatoms. The van der Waals surface area contributed by atoms with Crippen LogP contribution in [0.4, 0.5) is 0 Å². The lowest BCUT2D eigenvalue weighted by molar-refractivity contribution is 0.0940. The predicted octanol–water partition coefficient (Wildman–Crippen LogP) is 4.23. The van der Waals surface area contributed by atoms with Crippen molar-refractivity contribution >= 4 is 17.1 Å². The lowest BCUT2D eigenvalue weighted by Crippen LogP contribution is -2.22. The molecule has 0 saturated heterocycles. The molecule has 128 valence electrons. The largest absolute Gasteiger partial charge is 0.478 e. The summed E-state index contributed by atoms with van der Waals surface area (Å²) >= 11 is 0. The van der Waals surface area contributed by atoms with Crippen molar-refractivity contribution < 1.29 is 9.84 Å². The fourth-order valence-electron chi connectivity index (χ4n) is 3.45. The predicted molar refractivity (Wildman–Crippen MR) is 96.9 cm³/mol. The Hall–Kier alpha value is -1.94. The summed E-state index contributed by atoms with van der Waals surface area (Å²) in [6.45, 7) is 4.47. The minimum atomic E-state index is -0.180. The maximum Gasteiger partial charge on any atom is 0.213 e. The van der Waals surface area contributed by atoms with Gasteiger partial charge >= 0.3 is 0 Å². The highest BCUT2D eigenvalue weighted by molar-refractivity contribution is 5.84. The van der Waals surface area contributed by atoms with Crippen LogP contribution in [-0.4, -0.2) is 27.8 Å². The zero-order valence-electron chi connectivity index (χ0n) is 14.5. The molecule has 0 aromatic carbocycles. The van der Waals surface area contributed by atoms with E-state index >= 15 is 0 Å². The van der Waals surface area contributed by atoms with Crippen molar-refractivity contribution in [2.24, 2.45) is 11.8 Å². The van der Waals surface area contributed by atoms with Gasteiger partial charge in [-0.3, -0.25) is 4.98 Å². The van der Waals surface area contributed by atoms with Crippen LogP contribution in [-0.2, 0) is 0 Å². The second-order valence-corrected chi connectivity index (χ2v) is 6.62. The molecule has 1 saturated carbocycles. The summed E-state index contributed by atoms with van der Waals surface area (Å²) in [6.07, 6.45) is 10.6. The molecule has 2 aromatic rings. The van der Waals surface area contributed by atoms with E-state index in [9.17, 15) is 5.11 Å². The summed E-state index contributed by atoms with van der Waals surface area (Å²) in [5.74, 6) is 1.69. The number of aliphatic hydroxyl groups excluding tert-OH is 1. The molecule has 2 heterocycles. The van der Waals surface area contributed by atoms with E-state index in [4.69, 9.17) is 4.74 Å². The first-order valence-electron chi connectivity index (χ1n) is 8.92. The number of nitrogens with zero attached hydrogens (tertiary/aromatic N) is 2. The number of hydrogen-bond acceptors (Lipinski definition) is 4. The molecule has 24 heavy (non-hydrogen) atoms. The highest BCUT2D eigenvalue weighted by Crippen LogP contribution is 2.32. The van der Waals surface area contributed by atoms with Gasteiger partial charge in [-0.15, -0.1) is 0 Å². The molecule has 3 rings (SSSR count). The normalized spacial score (nSPS) is 22.8. The molecule has 0 radical (unpaired) electrons. The first-order chi connectivity index (χ1) is 11.7. The van der Waals surface area contributed by atoms with Gasteiger partial charge in [-0.25, -0.2) is 4.98 Å². The Morgan fingerprint density at radius 2 is 2.04 bits per heavy atom. The van der Waals surface area contributed by atoms with Crippen LogP contribution >= 0.6 is 0 Å². The summed E-state index contributed by atoms with van der Waals surface area (Å²) < 4.78 is 5.51. The van der Waals surface area contributed by atoms with Crippen LogP contribution in [0.1, 0.15) is 45.1 Å². The van der Waals surface area contributed by atoms with Gasteiger partial charge in [0, 0.05) is 17.8 Å². The van der Waals surface area contributed by atoms with Crippen molar-refractivity contribution in [3.05, 3.63) is 36.0 Å². The van der Waals surface area contributed by atoms with Gasteiger partial charge in [0.1, 0.15) is 0 Å². The van der Waals surface area contributed by atoms with E-state index < -0.39 is 0 Å². The number of ether oxygens (including phenoxy) is 1. The summed E-state index contributed by atoms with van der Waals surface area (Å²) in [7, 11) is 0. The fourth-order valence-corrected chi connectivity index (χ4v) is 3.45. The van der Waals surface area contributed by atoms with Gasteiger partial charge in [-0.2, -0.15) is 0 Å². The van der Waals surface area contributed by atoms with Crippen molar-refractivity contribution in [1.29, 1.82) is 0 Å². The Labute approximate surface area is 143 Å². The number of fused-ring (bicyclic) bond motifs is 1. The van der Waals surface area contributed by atoms with Crippen LogP contribution in [0.3, 0.4) is 0 Å². The summed E-state index contributed by atoms with van der Waals surface area (Å²) in [5, 5.41) is 9.71. The van der Waals surface area contributed by atoms with Gasteiger partial charge in [0.15, 0.2) is 0 Å². The van der Waals surface area contributed by atoms with Crippen molar-refractivity contribution in [2.45, 2.75) is 45.6 Å². The molecule has 1 fully saturated rings. The van der Waals surface area contributed by atoms with E-state index in [0.29, 0.717) is 24.3 Å². The van der Waals surface area contributed by atoms with Gasteiger partial charge in [-0.05, 0) is 63.5 Å². The Morgan fingerprint density at radius 3 is 2.75 bits per heavy atom. The van der Waals surface area contributed by atoms with Crippen molar-refractivity contribution in [3.8, 4) is 5.88 Å². The molecule has 0 bridgehead atoms. The molecule has 1 unspecified atom stereocenters. The van der Waals surface area contributed by atoms with Crippen LogP contribution in [0.5, 0.6) is 5.88 Å². The smallest absolute Gasteiger partial charge is 0.213 e. The number of aliphatic hydroxyl groups is 1. The third kappa shape index (κ3) is 3.93. The summed E-state index contributed by atoms with van der Waals surface area (Å²) in [4.78, 5) is 8.98. The molecule has 0 aliphatic heterocycles. The number of allylic oxidation sites excluding steroid dienone is 1. The maximum absolute atomic E-state index is 9.71. The number of pyridine rings is 2. The topological polar surface area (TPSA) is 55.2 Å². The number of aromatic nitrogens is 2. The molecule has 1 atom stereocenters. The molecule has 1 N–H and O–H groups in total. The molecule has 4 nitrogen and oxygen atoms in total. The summed E-state index contributed by atoms with van der Waals surface area (Å²) in [6, 6.07) is 5.82. The molecule has 0 spiro atoms. The minimum Gasteiger partial charge on any atom is -0.478 e. The Bertz CT molecular complexity index is 704. The van der Waals surface area contributed by atoms with E-state index in [2.05, 4.69) is 22.1 Å². The fraction of sp³-hybridized carbons (Fsp3) is 0.500. The monoisotopic (exact) mass is 326 g/mol. The zero-order chi connectivity index (χ0) is 16.9. The van der Waals surface area contributed by atoms with E-state index in [1.54, 1.807) is 0 Å². The van der Waals surface area contributed by atoms with Gasteiger partial charge in [0.2, 0.25) is 5.88 Å². The van der Waals surface area contributed by atoms with Gasteiger partial charge in [0.25, 0.3) is 0 Å². The lowest BCUT2D eigenvalue weighted by atomic mass is 9.79. The molecule has 2 aromatic heterocycles. The van der Waals surface area contributed by atoms with Crippen molar-refractivity contribution in [1.82, 2.24) is 9.97 Å². The van der Waals surface area contributed by atoms with Crippen LogP contribution < -0.4 is 4.74 Å². The van der Waals surface area contributed by atoms with Crippen molar-refractivity contribution in [3.63, 3.8) is 0 Å².